The van der Waals surface area contributed by atoms with Gasteiger partial charge < -0.3 is 5.11 Å². The molecular formula is C6H6Br2OS. The first-order chi connectivity index (χ1) is 4.74. The van der Waals surface area contributed by atoms with Crippen molar-refractivity contribution in [3.05, 3.63) is 20.8 Å². The Morgan fingerprint density at radius 1 is 1.70 bits per heavy atom. The molecule has 0 bridgehead atoms. The maximum absolute atomic E-state index is 9.28. The zero-order chi connectivity index (χ0) is 7.56. The van der Waals surface area contributed by atoms with E-state index in [1.165, 1.54) is 0 Å². The molecule has 1 N–H and O–H groups in total. The van der Waals surface area contributed by atoms with Crippen molar-refractivity contribution >= 4 is 43.2 Å². The first kappa shape index (κ1) is 8.71. The predicted octanol–water partition coefficient (Wildman–Crippen LogP) is 2.94. The summed E-state index contributed by atoms with van der Waals surface area (Å²) in [5.74, 6) is 0. The number of aliphatic hydroxyl groups is 1. The maximum atomic E-state index is 9.28. The molecule has 0 saturated carbocycles. The zero-order valence-electron chi connectivity index (χ0n) is 5.05. The number of hydrogen-bond donors (Lipinski definition) is 1. The molecule has 0 amide bonds. The van der Waals surface area contributed by atoms with Crippen molar-refractivity contribution < 1.29 is 5.11 Å². The Labute approximate surface area is 80.3 Å². The van der Waals surface area contributed by atoms with Crippen molar-refractivity contribution in [3.63, 3.8) is 0 Å². The largest absolute Gasteiger partial charge is 0.388 e. The molecule has 0 spiro atoms. The number of rotatable bonds is 2. The monoisotopic (exact) mass is 284 g/mol. The molecule has 0 aliphatic heterocycles. The molecule has 1 aromatic rings. The summed E-state index contributed by atoms with van der Waals surface area (Å²) < 4.78 is 1.06. The van der Waals surface area contributed by atoms with Crippen LogP contribution in [0.2, 0.25) is 0 Å². The highest BCUT2D eigenvalue weighted by molar-refractivity contribution is 9.11. The number of halogens is 2. The molecule has 1 atom stereocenters. The molecular weight excluding hydrogens is 280 g/mol. The Morgan fingerprint density at radius 2 is 2.40 bits per heavy atom. The number of aliphatic hydroxyl groups excluding tert-OH is 1. The fraction of sp³-hybridized carbons (Fsp3) is 0.333. The molecule has 0 saturated heterocycles. The van der Waals surface area contributed by atoms with Crippen LogP contribution in [0.4, 0.5) is 0 Å². The van der Waals surface area contributed by atoms with Gasteiger partial charge in [0.25, 0.3) is 0 Å². The summed E-state index contributed by atoms with van der Waals surface area (Å²) >= 11 is 8.11. The predicted molar refractivity (Wildman–Crippen MR) is 50.8 cm³/mol. The van der Waals surface area contributed by atoms with Crippen LogP contribution in [0.25, 0.3) is 0 Å². The van der Waals surface area contributed by atoms with Crippen LogP contribution in [0.1, 0.15) is 11.7 Å². The third-order valence-electron chi connectivity index (χ3n) is 1.12. The van der Waals surface area contributed by atoms with Gasteiger partial charge in [-0.25, -0.2) is 0 Å². The van der Waals surface area contributed by atoms with Crippen LogP contribution in [0.15, 0.2) is 15.2 Å². The summed E-state index contributed by atoms with van der Waals surface area (Å²) in [7, 11) is 0. The molecule has 1 unspecified atom stereocenters. The van der Waals surface area contributed by atoms with E-state index in [2.05, 4.69) is 31.9 Å². The molecule has 0 aromatic carbocycles. The van der Waals surface area contributed by atoms with Gasteiger partial charge in [-0.2, -0.15) is 0 Å². The number of hydrogen-bond acceptors (Lipinski definition) is 2. The van der Waals surface area contributed by atoms with Gasteiger partial charge in [-0.15, -0.1) is 11.3 Å². The van der Waals surface area contributed by atoms with Crippen LogP contribution in [-0.4, -0.2) is 10.4 Å². The van der Waals surface area contributed by atoms with Gasteiger partial charge >= 0.3 is 0 Å². The number of alkyl halides is 1. The van der Waals surface area contributed by atoms with Crippen molar-refractivity contribution in [2.24, 2.45) is 0 Å². The molecule has 0 fully saturated rings. The van der Waals surface area contributed by atoms with Crippen LogP contribution in [-0.2, 0) is 0 Å². The highest BCUT2D eigenvalue weighted by atomic mass is 79.9. The van der Waals surface area contributed by atoms with Crippen molar-refractivity contribution in [3.8, 4) is 0 Å². The lowest BCUT2D eigenvalue weighted by Crippen LogP contribution is -1.94. The second-order valence-electron chi connectivity index (χ2n) is 1.85. The molecule has 1 heterocycles. The van der Waals surface area contributed by atoms with Crippen LogP contribution in [0, 0.1) is 0 Å². The molecule has 10 heavy (non-hydrogen) atoms. The topological polar surface area (TPSA) is 20.2 Å². The highest BCUT2D eigenvalue weighted by Crippen LogP contribution is 2.25. The molecule has 4 heteroatoms. The van der Waals surface area contributed by atoms with Gasteiger partial charge in [-0.1, -0.05) is 15.9 Å². The Kier molecular flexibility index (Phi) is 3.36. The van der Waals surface area contributed by atoms with Crippen molar-refractivity contribution in [2.45, 2.75) is 6.10 Å². The summed E-state index contributed by atoms with van der Waals surface area (Å²) in [6.07, 6.45) is -0.373. The lowest BCUT2D eigenvalue weighted by Gasteiger charge is -2.00. The fourth-order valence-corrected chi connectivity index (χ4v) is 2.18. The Balaban J connectivity index is 2.74. The minimum absolute atomic E-state index is 0.373. The second kappa shape index (κ2) is 3.85. The first-order valence-electron chi connectivity index (χ1n) is 2.72. The SMILES string of the molecule is OC(CBr)c1csc(Br)c1. The van der Waals surface area contributed by atoms with E-state index in [0.29, 0.717) is 5.33 Å². The molecule has 1 nitrogen and oxygen atoms in total. The first-order valence-corrected chi connectivity index (χ1v) is 5.51. The van der Waals surface area contributed by atoms with Crippen molar-refractivity contribution in [1.82, 2.24) is 0 Å². The van der Waals surface area contributed by atoms with E-state index in [4.69, 9.17) is 0 Å². The average Bonchev–Trinajstić information content (AvgIpc) is 2.34. The standard InChI is InChI=1S/C6H6Br2OS/c7-2-5(9)4-1-6(8)10-3-4/h1,3,5,9H,2H2. The molecule has 0 radical (unpaired) electrons. The normalized spacial score (nSPS) is 13.5. The molecule has 1 aromatic heterocycles. The van der Waals surface area contributed by atoms with Gasteiger partial charge in [0, 0.05) is 5.33 Å². The lowest BCUT2D eigenvalue weighted by molar-refractivity contribution is 0.206. The highest BCUT2D eigenvalue weighted by Gasteiger charge is 2.06. The van der Waals surface area contributed by atoms with Crippen LogP contribution in [0.3, 0.4) is 0 Å². The Morgan fingerprint density at radius 3 is 2.80 bits per heavy atom. The summed E-state index contributed by atoms with van der Waals surface area (Å²) in [6, 6.07) is 1.93. The van der Waals surface area contributed by atoms with Gasteiger partial charge in [-0.05, 0) is 32.9 Å². The lowest BCUT2D eigenvalue weighted by atomic mass is 10.2. The summed E-state index contributed by atoms with van der Waals surface area (Å²) in [5.41, 5.74) is 0.966. The summed E-state index contributed by atoms with van der Waals surface area (Å²) in [4.78, 5) is 0. The molecule has 1 rings (SSSR count). The van der Waals surface area contributed by atoms with E-state index in [1.807, 2.05) is 11.4 Å². The van der Waals surface area contributed by atoms with E-state index >= 15 is 0 Å². The Hall–Kier alpha value is 0.620. The van der Waals surface area contributed by atoms with Gasteiger partial charge in [0.05, 0.1) is 9.89 Å². The minimum atomic E-state index is -0.373. The van der Waals surface area contributed by atoms with E-state index in [0.717, 1.165) is 9.35 Å². The van der Waals surface area contributed by atoms with Gasteiger partial charge in [0.15, 0.2) is 0 Å². The maximum Gasteiger partial charge on any atom is 0.0895 e. The zero-order valence-corrected chi connectivity index (χ0v) is 9.04. The summed E-state index contributed by atoms with van der Waals surface area (Å²) in [5, 5.41) is 11.8. The van der Waals surface area contributed by atoms with E-state index in [1.54, 1.807) is 11.3 Å². The fourth-order valence-electron chi connectivity index (χ4n) is 0.587. The van der Waals surface area contributed by atoms with Crippen LogP contribution >= 0.6 is 43.2 Å². The Bertz CT molecular complexity index is 211. The van der Waals surface area contributed by atoms with Crippen molar-refractivity contribution in [2.75, 3.05) is 5.33 Å². The van der Waals surface area contributed by atoms with Crippen molar-refractivity contribution in [1.29, 1.82) is 0 Å². The molecule has 56 valence electrons. The van der Waals surface area contributed by atoms with E-state index in [-0.39, 0.29) is 6.10 Å². The van der Waals surface area contributed by atoms with Crippen LogP contribution < -0.4 is 0 Å². The molecule has 0 aliphatic rings. The quantitative estimate of drug-likeness (QED) is 0.829. The minimum Gasteiger partial charge on any atom is -0.388 e. The summed E-state index contributed by atoms with van der Waals surface area (Å²) in [6.45, 7) is 0. The van der Waals surface area contributed by atoms with Gasteiger partial charge in [0.2, 0.25) is 0 Å². The second-order valence-corrected chi connectivity index (χ2v) is 4.79. The van der Waals surface area contributed by atoms with E-state index in [9.17, 15) is 5.11 Å². The van der Waals surface area contributed by atoms with Gasteiger partial charge in [-0.3, -0.25) is 0 Å². The van der Waals surface area contributed by atoms with Gasteiger partial charge in [0.1, 0.15) is 0 Å². The number of thiophene rings is 1. The van der Waals surface area contributed by atoms with E-state index < -0.39 is 0 Å². The average molecular weight is 286 g/mol. The third-order valence-corrected chi connectivity index (χ3v) is 3.25. The van der Waals surface area contributed by atoms with Crippen LogP contribution in [0.5, 0.6) is 0 Å². The molecule has 0 aliphatic carbocycles. The third kappa shape index (κ3) is 2.05. The smallest absolute Gasteiger partial charge is 0.0895 e.